The molecule has 0 saturated heterocycles. The first-order valence-corrected chi connectivity index (χ1v) is 7.06. The molecule has 1 aromatic heterocycles. The Labute approximate surface area is 108 Å². The standard InChI is InChI=1S/C11H19N3O3S/c1-12-11-10(6-4-7-13-11)18(15,16)14(2)8-5-9-17-3/h4,6-7H,5,8-9H2,1-3H3,(H,12,13). The molecule has 0 atom stereocenters. The summed E-state index contributed by atoms with van der Waals surface area (Å²) in [6, 6.07) is 3.15. The number of aromatic nitrogens is 1. The van der Waals surface area contributed by atoms with Crippen molar-refractivity contribution in [2.75, 3.05) is 39.7 Å². The predicted octanol–water partition coefficient (Wildman–Crippen LogP) is 0.780. The number of sulfonamides is 1. The lowest BCUT2D eigenvalue weighted by atomic mass is 10.4. The molecule has 0 bridgehead atoms. The molecule has 102 valence electrons. The maximum Gasteiger partial charge on any atom is 0.246 e. The molecule has 1 heterocycles. The number of nitrogens with zero attached hydrogens (tertiary/aromatic N) is 2. The molecule has 0 fully saturated rings. The fraction of sp³-hybridized carbons (Fsp3) is 0.545. The number of pyridine rings is 1. The van der Waals surface area contributed by atoms with Crippen molar-refractivity contribution in [3.63, 3.8) is 0 Å². The Morgan fingerprint density at radius 2 is 2.22 bits per heavy atom. The molecule has 7 heteroatoms. The van der Waals surface area contributed by atoms with Gasteiger partial charge in [-0.2, -0.15) is 0 Å². The second-order valence-corrected chi connectivity index (χ2v) is 5.79. The molecule has 1 aromatic rings. The lowest BCUT2D eigenvalue weighted by Crippen LogP contribution is -2.29. The molecule has 0 aliphatic rings. The van der Waals surface area contributed by atoms with E-state index in [1.165, 1.54) is 4.31 Å². The minimum Gasteiger partial charge on any atom is -0.385 e. The van der Waals surface area contributed by atoms with E-state index in [0.29, 0.717) is 25.4 Å². The third-order valence-electron chi connectivity index (χ3n) is 2.52. The Bertz CT molecular complexity index is 476. The maximum absolute atomic E-state index is 12.3. The Balaban J connectivity index is 2.91. The van der Waals surface area contributed by atoms with Gasteiger partial charge in [0.1, 0.15) is 10.7 Å². The highest BCUT2D eigenvalue weighted by Crippen LogP contribution is 2.20. The number of hydrogen-bond acceptors (Lipinski definition) is 5. The summed E-state index contributed by atoms with van der Waals surface area (Å²) in [5.41, 5.74) is 0. The van der Waals surface area contributed by atoms with Crippen LogP contribution in [0.5, 0.6) is 0 Å². The SMILES string of the molecule is CNc1ncccc1S(=O)(=O)N(C)CCCOC. The summed E-state index contributed by atoms with van der Waals surface area (Å²) in [6.07, 6.45) is 2.21. The van der Waals surface area contributed by atoms with Gasteiger partial charge in [0.2, 0.25) is 10.0 Å². The summed E-state index contributed by atoms with van der Waals surface area (Å²) >= 11 is 0. The minimum atomic E-state index is -3.51. The zero-order valence-electron chi connectivity index (χ0n) is 10.9. The van der Waals surface area contributed by atoms with E-state index >= 15 is 0 Å². The van der Waals surface area contributed by atoms with Gasteiger partial charge in [0.25, 0.3) is 0 Å². The van der Waals surface area contributed by atoms with Gasteiger partial charge in [-0.25, -0.2) is 17.7 Å². The Hall–Kier alpha value is -1.18. The number of hydrogen-bond donors (Lipinski definition) is 1. The maximum atomic E-state index is 12.3. The van der Waals surface area contributed by atoms with Crippen LogP contribution in [-0.2, 0) is 14.8 Å². The molecule has 0 amide bonds. The van der Waals surface area contributed by atoms with Gasteiger partial charge < -0.3 is 10.1 Å². The van der Waals surface area contributed by atoms with E-state index in [-0.39, 0.29) is 4.90 Å². The fourth-order valence-electron chi connectivity index (χ4n) is 1.51. The molecule has 0 aliphatic carbocycles. The third kappa shape index (κ3) is 3.41. The van der Waals surface area contributed by atoms with Gasteiger partial charge in [0.15, 0.2) is 0 Å². The first kappa shape index (κ1) is 14.9. The summed E-state index contributed by atoms with van der Waals surface area (Å²) in [7, 11) is 1.28. The molecule has 0 spiro atoms. The van der Waals surface area contributed by atoms with Crippen LogP contribution < -0.4 is 5.32 Å². The van der Waals surface area contributed by atoms with Gasteiger partial charge in [0, 0.05) is 40.6 Å². The first-order valence-electron chi connectivity index (χ1n) is 5.62. The molecule has 0 unspecified atom stereocenters. The lowest BCUT2D eigenvalue weighted by molar-refractivity contribution is 0.189. The summed E-state index contributed by atoms with van der Waals surface area (Å²) in [4.78, 5) is 4.19. The molecular formula is C11H19N3O3S. The lowest BCUT2D eigenvalue weighted by Gasteiger charge is -2.18. The van der Waals surface area contributed by atoms with Crippen LogP contribution in [0.4, 0.5) is 5.82 Å². The van der Waals surface area contributed by atoms with Gasteiger partial charge >= 0.3 is 0 Å². The average molecular weight is 273 g/mol. The normalized spacial score (nSPS) is 11.8. The van der Waals surface area contributed by atoms with E-state index in [4.69, 9.17) is 4.74 Å². The molecule has 18 heavy (non-hydrogen) atoms. The largest absolute Gasteiger partial charge is 0.385 e. The molecule has 1 N–H and O–H groups in total. The van der Waals surface area contributed by atoms with Crippen molar-refractivity contribution in [2.24, 2.45) is 0 Å². The number of anilines is 1. The summed E-state index contributed by atoms with van der Waals surface area (Å²) in [5, 5.41) is 2.78. The zero-order chi connectivity index (χ0) is 13.6. The highest BCUT2D eigenvalue weighted by molar-refractivity contribution is 7.89. The first-order chi connectivity index (χ1) is 8.54. The van der Waals surface area contributed by atoms with Gasteiger partial charge in [-0.3, -0.25) is 0 Å². The monoisotopic (exact) mass is 273 g/mol. The Morgan fingerprint density at radius 1 is 1.50 bits per heavy atom. The van der Waals surface area contributed by atoms with Crippen molar-refractivity contribution in [2.45, 2.75) is 11.3 Å². The van der Waals surface area contributed by atoms with Crippen molar-refractivity contribution in [3.05, 3.63) is 18.3 Å². The highest BCUT2D eigenvalue weighted by Gasteiger charge is 2.23. The molecule has 0 radical (unpaired) electrons. The Kier molecular flexibility index (Phi) is 5.52. The van der Waals surface area contributed by atoms with Crippen LogP contribution >= 0.6 is 0 Å². The van der Waals surface area contributed by atoms with E-state index in [0.717, 1.165) is 0 Å². The smallest absolute Gasteiger partial charge is 0.246 e. The molecule has 1 rings (SSSR count). The topological polar surface area (TPSA) is 71.5 Å². The van der Waals surface area contributed by atoms with E-state index in [9.17, 15) is 8.42 Å². The predicted molar refractivity (Wildman–Crippen MR) is 70.1 cm³/mol. The van der Waals surface area contributed by atoms with Crippen LogP contribution in [0.3, 0.4) is 0 Å². The van der Waals surface area contributed by atoms with Crippen molar-refractivity contribution in [3.8, 4) is 0 Å². The third-order valence-corrected chi connectivity index (χ3v) is 4.41. The fourth-order valence-corrected chi connectivity index (χ4v) is 2.86. The number of methoxy groups -OCH3 is 1. The number of ether oxygens (including phenoxy) is 1. The molecule has 0 saturated carbocycles. The summed E-state index contributed by atoms with van der Waals surface area (Å²) in [6.45, 7) is 0.944. The van der Waals surface area contributed by atoms with Crippen LogP contribution in [0.1, 0.15) is 6.42 Å². The molecule has 0 aliphatic heterocycles. The van der Waals surface area contributed by atoms with E-state index in [2.05, 4.69) is 10.3 Å². The molecule has 6 nitrogen and oxygen atoms in total. The molecular weight excluding hydrogens is 254 g/mol. The van der Waals surface area contributed by atoms with Crippen molar-refractivity contribution in [1.29, 1.82) is 0 Å². The van der Waals surface area contributed by atoms with Crippen molar-refractivity contribution in [1.82, 2.24) is 9.29 Å². The van der Waals surface area contributed by atoms with Gasteiger partial charge in [-0.05, 0) is 18.6 Å². The summed E-state index contributed by atoms with van der Waals surface area (Å²) in [5.74, 6) is 0.357. The average Bonchev–Trinajstić information content (AvgIpc) is 2.38. The second kappa shape index (κ2) is 6.67. The van der Waals surface area contributed by atoms with Crippen LogP contribution in [0.2, 0.25) is 0 Å². The van der Waals surface area contributed by atoms with Crippen LogP contribution in [0.25, 0.3) is 0 Å². The van der Waals surface area contributed by atoms with E-state index in [1.54, 1.807) is 39.5 Å². The van der Waals surface area contributed by atoms with Gasteiger partial charge in [-0.1, -0.05) is 0 Å². The Morgan fingerprint density at radius 3 is 2.83 bits per heavy atom. The van der Waals surface area contributed by atoms with E-state index < -0.39 is 10.0 Å². The van der Waals surface area contributed by atoms with E-state index in [1.807, 2.05) is 0 Å². The van der Waals surface area contributed by atoms with Gasteiger partial charge in [0.05, 0.1) is 0 Å². The van der Waals surface area contributed by atoms with Crippen LogP contribution in [0, 0.1) is 0 Å². The second-order valence-electron chi connectivity index (χ2n) is 3.77. The quantitative estimate of drug-likeness (QED) is 0.743. The van der Waals surface area contributed by atoms with Crippen LogP contribution in [-0.4, -0.2) is 52.1 Å². The minimum absolute atomic E-state index is 0.187. The van der Waals surface area contributed by atoms with Gasteiger partial charge in [-0.15, -0.1) is 0 Å². The number of nitrogens with one attached hydrogen (secondary N) is 1. The number of rotatable bonds is 7. The van der Waals surface area contributed by atoms with Crippen molar-refractivity contribution < 1.29 is 13.2 Å². The highest BCUT2D eigenvalue weighted by atomic mass is 32.2. The molecule has 0 aromatic carbocycles. The van der Waals surface area contributed by atoms with Crippen molar-refractivity contribution >= 4 is 15.8 Å². The summed E-state index contributed by atoms with van der Waals surface area (Å²) < 4.78 is 30.8. The van der Waals surface area contributed by atoms with Crippen LogP contribution in [0.15, 0.2) is 23.2 Å². The zero-order valence-corrected chi connectivity index (χ0v) is 11.7.